The highest BCUT2D eigenvalue weighted by Crippen LogP contribution is 2.54. The highest BCUT2D eigenvalue weighted by Gasteiger charge is 2.54. The fraction of sp³-hybridized carbons (Fsp3) is 0.652. The van der Waals surface area contributed by atoms with Crippen molar-refractivity contribution in [2.24, 2.45) is 29.6 Å². The van der Waals surface area contributed by atoms with E-state index in [4.69, 9.17) is 0 Å². The van der Waals surface area contributed by atoms with E-state index in [-0.39, 0.29) is 17.9 Å². The molecule has 1 aromatic carbocycles. The lowest BCUT2D eigenvalue weighted by Gasteiger charge is -2.39. The van der Waals surface area contributed by atoms with Gasteiger partial charge in [0.25, 0.3) is 5.92 Å². The molecular formula is C23H28F4. The van der Waals surface area contributed by atoms with Crippen molar-refractivity contribution in [1.29, 1.82) is 0 Å². The first-order chi connectivity index (χ1) is 12.9. The average Bonchev–Trinajstić information content (AvgIpc) is 2.96. The molecule has 0 N–H and O–H groups in total. The van der Waals surface area contributed by atoms with E-state index < -0.39 is 29.0 Å². The van der Waals surface area contributed by atoms with Gasteiger partial charge in [0.05, 0.1) is 5.56 Å². The molecule has 4 rings (SSSR count). The van der Waals surface area contributed by atoms with Crippen LogP contribution in [-0.2, 0) is 12.3 Å². The zero-order valence-corrected chi connectivity index (χ0v) is 15.7. The third-order valence-corrected chi connectivity index (χ3v) is 7.62. The molecule has 1 atom stereocenters. The van der Waals surface area contributed by atoms with Crippen LogP contribution in [0.5, 0.6) is 0 Å². The molecule has 0 aliphatic heterocycles. The molecule has 3 aliphatic carbocycles. The van der Waals surface area contributed by atoms with E-state index in [2.05, 4.69) is 12.7 Å². The highest BCUT2D eigenvalue weighted by atomic mass is 19.3. The van der Waals surface area contributed by atoms with Gasteiger partial charge in [-0.3, -0.25) is 0 Å². The Hall–Kier alpha value is -1.32. The van der Waals surface area contributed by atoms with E-state index in [0.717, 1.165) is 37.7 Å². The third-order valence-electron chi connectivity index (χ3n) is 7.62. The van der Waals surface area contributed by atoms with Crippen LogP contribution in [0.4, 0.5) is 17.6 Å². The lowest BCUT2D eigenvalue weighted by atomic mass is 9.67. The summed E-state index contributed by atoms with van der Waals surface area (Å²) in [5, 5.41) is 0. The summed E-state index contributed by atoms with van der Waals surface area (Å²) in [6.07, 6.45) is 10.6. The molecule has 2 fully saturated rings. The van der Waals surface area contributed by atoms with Gasteiger partial charge in [0, 0.05) is 5.92 Å². The zero-order chi connectivity index (χ0) is 19.2. The Balaban J connectivity index is 1.40. The second kappa shape index (κ2) is 7.25. The summed E-state index contributed by atoms with van der Waals surface area (Å²) in [5.74, 6) is -4.78. The number of hydrogen-bond acceptors (Lipinski definition) is 0. The molecule has 27 heavy (non-hydrogen) atoms. The van der Waals surface area contributed by atoms with Crippen LogP contribution in [0.2, 0.25) is 0 Å². The van der Waals surface area contributed by atoms with Crippen LogP contribution in [0.1, 0.15) is 62.5 Å². The minimum Gasteiger partial charge on any atom is -0.204 e. The highest BCUT2D eigenvalue weighted by molar-refractivity contribution is 5.39. The largest absolute Gasteiger partial charge is 0.279 e. The van der Waals surface area contributed by atoms with Crippen LogP contribution in [0.15, 0.2) is 24.8 Å². The van der Waals surface area contributed by atoms with Gasteiger partial charge in [-0.05, 0) is 93.1 Å². The van der Waals surface area contributed by atoms with Crippen molar-refractivity contribution in [2.45, 2.75) is 63.7 Å². The first-order valence-electron chi connectivity index (χ1n) is 10.4. The molecule has 0 spiro atoms. The summed E-state index contributed by atoms with van der Waals surface area (Å²) in [5.41, 5.74) is -0.397. The Morgan fingerprint density at radius 1 is 0.852 bits per heavy atom. The maximum Gasteiger partial charge on any atom is 0.279 e. The Morgan fingerprint density at radius 3 is 2.00 bits per heavy atom. The van der Waals surface area contributed by atoms with Gasteiger partial charge < -0.3 is 0 Å². The van der Waals surface area contributed by atoms with Crippen LogP contribution in [0, 0.1) is 41.2 Å². The zero-order valence-electron chi connectivity index (χ0n) is 15.7. The molecular weight excluding hydrogens is 352 g/mol. The number of alkyl halides is 2. The van der Waals surface area contributed by atoms with Gasteiger partial charge in [0.15, 0.2) is 11.6 Å². The van der Waals surface area contributed by atoms with Crippen LogP contribution in [-0.4, -0.2) is 0 Å². The predicted molar refractivity (Wildman–Crippen MR) is 98.5 cm³/mol. The van der Waals surface area contributed by atoms with Crippen molar-refractivity contribution in [2.75, 3.05) is 0 Å². The maximum absolute atomic E-state index is 14.9. The van der Waals surface area contributed by atoms with Gasteiger partial charge in [-0.15, -0.1) is 6.58 Å². The molecule has 1 aromatic rings. The SMILES string of the molecule is C=CC1CCC(C2CCC(C3Cc4ccc(F)c(F)c4C3(F)F)CC2)CC1. The van der Waals surface area contributed by atoms with Gasteiger partial charge in [0.2, 0.25) is 0 Å². The normalized spacial score (nSPS) is 35.6. The monoisotopic (exact) mass is 380 g/mol. The molecule has 148 valence electrons. The molecule has 1 unspecified atom stereocenters. The van der Waals surface area contributed by atoms with Gasteiger partial charge >= 0.3 is 0 Å². The van der Waals surface area contributed by atoms with Crippen molar-refractivity contribution in [3.05, 3.63) is 47.5 Å². The van der Waals surface area contributed by atoms with Gasteiger partial charge in [-0.1, -0.05) is 12.1 Å². The number of halogens is 4. The lowest BCUT2D eigenvalue weighted by molar-refractivity contribution is -0.0856. The molecule has 0 nitrogen and oxygen atoms in total. The van der Waals surface area contributed by atoms with Crippen molar-refractivity contribution in [3.8, 4) is 0 Å². The van der Waals surface area contributed by atoms with Crippen molar-refractivity contribution in [3.63, 3.8) is 0 Å². The van der Waals surface area contributed by atoms with Gasteiger partial charge in [0.1, 0.15) is 0 Å². The molecule has 0 heterocycles. The molecule has 0 aromatic heterocycles. The Morgan fingerprint density at radius 2 is 1.41 bits per heavy atom. The van der Waals surface area contributed by atoms with E-state index in [9.17, 15) is 17.6 Å². The Labute approximate surface area is 159 Å². The molecule has 4 heteroatoms. The second-order valence-corrected chi connectivity index (χ2v) is 8.91. The van der Waals surface area contributed by atoms with Crippen molar-refractivity contribution in [1.82, 2.24) is 0 Å². The smallest absolute Gasteiger partial charge is 0.204 e. The van der Waals surface area contributed by atoms with E-state index >= 15 is 0 Å². The number of allylic oxidation sites excluding steroid dienone is 1. The number of fused-ring (bicyclic) bond motifs is 1. The number of hydrogen-bond donors (Lipinski definition) is 0. The second-order valence-electron chi connectivity index (χ2n) is 8.91. The average molecular weight is 380 g/mol. The standard InChI is InChI=1S/C23H28F4/c1-2-14-3-5-15(6-4-14)16-7-9-17(10-8-16)19-13-18-11-12-20(24)22(25)21(18)23(19,26)27/h2,11-12,14-17,19H,1,3-10,13H2. The van der Waals surface area contributed by atoms with Crippen LogP contribution < -0.4 is 0 Å². The quantitative estimate of drug-likeness (QED) is 0.390. The van der Waals surface area contributed by atoms with E-state index in [1.165, 1.54) is 31.7 Å². The Kier molecular flexibility index (Phi) is 5.11. The van der Waals surface area contributed by atoms with E-state index in [0.29, 0.717) is 11.8 Å². The summed E-state index contributed by atoms with van der Waals surface area (Å²) in [6.45, 7) is 3.90. The topological polar surface area (TPSA) is 0 Å². The summed E-state index contributed by atoms with van der Waals surface area (Å²) >= 11 is 0. The summed E-state index contributed by atoms with van der Waals surface area (Å²) < 4.78 is 57.4. The fourth-order valence-electron chi connectivity index (χ4n) is 6.01. The molecule has 0 radical (unpaired) electrons. The summed E-state index contributed by atoms with van der Waals surface area (Å²) in [6, 6.07) is 2.31. The number of benzene rings is 1. The fourth-order valence-corrected chi connectivity index (χ4v) is 6.01. The molecule has 3 aliphatic rings. The first-order valence-corrected chi connectivity index (χ1v) is 10.4. The maximum atomic E-state index is 14.9. The van der Waals surface area contributed by atoms with Crippen LogP contribution in [0.25, 0.3) is 0 Å². The number of rotatable bonds is 3. The third kappa shape index (κ3) is 3.34. The first kappa shape index (κ1) is 19.0. The van der Waals surface area contributed by atoms with Crippen LogP contribution >= 0.6 is 0 Å². The molecule has 0 bridgehead atoms. The van der Waals surface area contributed by atoms with Gasteiger partial charge in [-0.25, -0.2) is 17.6 Å². The summed E-state index contributed by atoms with van der Waals surface area (Å²) in [4.78, 5) is 0. The van der Waals surface area contributed by atoms with E-state index in [1.54, 1.807) is 0 Å². The van der Waals surface area contributed by atoms with Gasteiger partial charge in [-0.2, -0.15) is 0 Å². The van der Waals surface area contributed by atoms with E-state index in [1.807, 2.05) is 0 Å². The lowest BCUT2D eigenvalue weighted by Crippen LogP contribution is -2.33. The van der Waals surface area contributed by atoms with Crippen LogP contribution in [0.3, 0.4) is 0 Å². The molecule has 2 saturated carbocycles. The Bertz CT molecular complexity index is 695. The minimum absolute atomic E-state index is 0.101. The molecule has 0 amide bonds. The summed E-state index contributed by atoms with van der Waals surface area (Å²) in [7, 11) is 0. The predicted octanol–water partition coefficient (Wildman–Crippen LogP) is 7.03. The van der Waals surface area contributed by atoms with Crippen molar-refractivity contribution >= 4 is 0 Å². The molecule has 0 saturated heterocycles. The minimum atomic E-state index is -3.26. The van der Waals surface area contributed by atoms with Crippen molar-refractivity contribution < 1.29 is 17.6 Å².